The van der Waals surface area contributed by atoms with E-state index in [0.29, 0.717) is 18.5 Å². The van der Waals surface area contributed by atoms with Gasteiger partial charge in [0.05, 0.1) is 11.7 Å². The van der Waals surface area contributed by atoms with Gasteiger partial charge >= 0.3 is 5.97 Å². The van der Waals surface area contributed by atoms with Crippen molar-refractivity contribution in [2.24, 2.45) is 0 Å². The molecule has 1 N–H and O–H groups in total. The number of carboxylic acid groups (broad SMARTS) is 1. The molecule has 116 valence electrons. The first kappa shape index (κ1) is 15.8. The summed E-state index contributed by atoms with van der Waals surface area (Å²) in [5.41, 5.74) is 0.272. The summed E-state index contributed by atoms with van der Waals surface area (Å²) in [6, 6.07) is 6.48. The van der Waals surface area contributed by atoms with Crippen molar-refractivity contribution in [1.29, 1.82) is 0 Å². The highest BCUT2D eigenvalue weighted by Gasteiger charge is 2.15. The Morgan fingerprint density at radius 2 is 2.14 bits per heavy atom. The fraction of sp³-hybridized carbons (Fsp3) is 0.562. The van der Waals surface area contributed by atoms with Gasteiger partial charge in [-0.3, -0.25) is 0 Å². The molecule has 0 spiro atoms. The third kappa shape index (κ3) is 5.36. The fourth-order valence-electron chi connectivity index (χ4n) is 2.40. The first-order valence-corrected chi connectivity index (χ1v) is 7.41. The summed E-state index contributed by atoms with van der Waals surface area (Å²) in [5, 5.41) is 8.82. The predicted molar refractivity (Wildman–Crippen MR) is 80.0 cm³/mol. The Kier molecular flexibility index (Phi) is 6.02. The largest absolute Gasteiger partial charge is 0.492 e. The van der Waals surface area contributed by atoms with Crippen LogP contribution in [-0.2, 0) is 4.74 Å². The number of ether oxygens (including phenoxy) is 2. The van der Waals surface area contributed by atoms with E-state index in [1.807, 2.05) is 0 Å². The molecule has 1 fully saturated rings. The van der Waals surface area contributed by atoms with Crippen LogP contribution in [-0.4, -0.2) is 55.4 Å². The monoisotopic (exact) mass is 293 g/mol. The average Bonchev–Trinajstić information content (AvgIpc) is 2.49. The maximum atomic E-state index is 10.7. The van der Waals surface area contributed by atoms with E-state index in [1.54, 1.807) is 24.3 Å². The van der Waals surface area contributed by atoms with Crippen LogP contribution in [0.3, 0.4) is 0 Å². The SMILES string of the molecule is CN(CCOc1ccc(C(=O)O)cc1)CC1CCCCO1. The van der Waals surface area contributed by atoms with Crippen LogP contribution in [0.5, 0.6) is 5.75 Å². The highest BCUT2D eigenvalue weighted by molar-refractivity contribution is 5.87. The lowest BCUT2D eigenvalue weighted by molar-refractivity contribution is -0.00282. The van der Waals surface area contributed by atoms with Gasteiger partial charge in [-0.25, -0.2) is 4.79 Å². The summed E-state index contributed by atoms with van der Waals surface area (Å²) in [6.45, 7) is 3.21. The number of hydrogen-bond acceptors (Lipinski definition) is 4. The zero-order valence-corrected chi connectivity index (χ0v) is 12.5. The third-order valence-corrected chi connectivity index (χ3v) is 3.63. The second-order valence-corrected chi connectivity index (χ2v) is 5.43. The Labute approximate surface area is 125 Å². The minimum atomic E-state index is -0.922. The molecule has 5 nitrogen and oxygen atoms in total. The second-order valence-electron chi connectivity index (χ2n) is 5.43. The van der Waals surface area contributed by atoms with Gasteiger partial charge in [-0.2, -0.15) is 0 Å². The van der Waals surface area contributed by atoms with Crippen molar-refractivity contribution in [1.82, 2.24) is 4.90 Å². The van der Waals surface area contributed by atoms with Gasteiger partial charge in [0.1, 0.15) is 12.4 Å². The van der Waals surface area contributed by atoms with Crippen molar-refractivity contribution < 1.29 is 19.4 Å². The lowest BCUT2D eigenvalue weighted by Gasteiger charge is -2.27. The molecule has 1 aliphatic heterocycles. The number of aromatic carboxylic acids is 1. The van der Waals surface area contributed by atoms with E-state index in [1.165, 1.54) is 12.8 Å². The number of carbonyl (C=O) groups is 1. The Morgan fingerprint density at radius 3 is 2.76 bits per heavy atom. The molecule has 0 amide bonds. The summed E-state index contributed by atoms with van der Waals surface area (Å²) in [6.07, 6.45) is 3.92. The van der Waals surface area contributed by atoms with E-state index < -0.39 is 5.97 Å². The Morgan fingerprint density at radius 1 is 1.38 bits per heavy atom. The summed E-state index contributed by atoms with van der Waals surface area (Å²) in [5.74, 6) is -0.226. The van der Waals surface area contributed by atoms with E-state index in [9.17, 15) is 4.79 Å². The van der Waals surface area contributed by atoms with Crippen molar-refractivity contribution in [2.45, 2.75) is 25.4 Å². The minimum Gasteiger partial charge on any atom is -0.492 e. The van der Waals surface area contributed by atoms with Crippen LogP contribution in [0.15, 0.2) is 24.3 Å². The maximum Gasteiger partial charge on any atom is 0.335 e. The molecule has 1 saturated heterocycles. The molecule has 0 bridgehead atoms. The van der Waals surface area contributed by atoms with Crippen LogP contribution < -0.4 is 4.74 Å². The number of likely N-dealkylation sites (N-methyl/N-ethyl adjacent to an activating group) is 1. The van der Waals surface area contributed by atoms with Gasteiger partial charge < -0.3 is 19.5 Å². The van der Waals surface area contributed by atoms with E-state index in [0.717, 1.165) is 26.1 Å². The molecule has 1 heterocycles. The molecular weight excluding hydrogens is 270 g/mol. The molecule has 0 radical (unpaired) electrons. The van der Waals surface area contributed by atoms with E-state index in [2.05, 4.69) is 11.9 Å². The van der Waals surface area contributed by atoms with Crippen LogP contribution in [0.2, 0.25) is 0 Å². The number of carboxylic acids is 1. The van der Waals surface area contributed by atoms with Gasteiger partial charge in [-0.1, -0.05) is 0 Å². The molecule has 0 aliphatic carbocycles. The molecular formula is C16H23NO4. The molecule has 1 aromatic carbocycles. The molecule has 1 aliphatic rings. The summed E-state index contributed by atoms with van der Waals surface area (Å²) < 4.78 is 11.3. The first-order valence-electron chi connectivity index (χ1n) is 7.41. The topological polar surface area (TPSA) is 59.0 Å². The first-order chi connectivity index (χ1) is 10.1. The van der Waals surface area contributed by atoms with E-state index in [-0.39, 0.29) is 5.56 Å². The standard InChI is InChI=1S/C16H23NO4/c1-17(12-15-4-2-3-10-20-15)9-11-21-14-7-5-13(6-8-14)16(18)19/h5-8,15H,2-4,9-12H2,1H3,(H,18,19). The van der Waals surface area contributed by atoms with Crippen LogP contribution in [0.1, 0.15) is 29.6 Å². The highest BCUT2D eigenvalue weighted by atomic mass is 16.5. The summed E-state index contributed by atoms with van der Waals surface area (Å²) in [7, 11) is 2.06. The molecule has 0 saturated carbocycles. The van der Waals surface area contributed by atoms with Crippen LogP contribution in [0.4, 0.5) is 0 Å². The molecule has 5 heteroatoms. The smallest absolute Gasteiger partial charge is 0.335 e. The van der Waals surface area contributed by atoms with Gasteiger partial charge in [0.15, 0.2) is 0 Å². The lowest BCUT2D eigenvalue weighted by Crippen LogP contribution is -2.35. The Bertz CT molecular complexity index is 440. The van der Waals surface area contributed by atoms with Crippen LogP contribution >= 0.6 is 0 Å². The van der Waals surface area contributed by atoms with Gasteiger partial charge in [0.2, 0.25) is 0 Å². The number of hydrogen-bond donors (Lipinski definition) is 1. The normalized spacial score (nSPS) is 18.7. The molecule has 1 unspecified atom stereocenters. The highest BCUT2D eigenvalue weighted by Crippen LogP contribution is 2.14. The zero-order valence-electron chi connectivity index (χ0n) is 12.5. The van der Waals surface area contributed by atoms with Crippen molar-refractivity contribution in [3.63, 3.8) is 0 Å². The van der Waals surface area contributed by atoms with Crippen molar-refractivity contribution in [3.05, 3.63) is 29.8 Å². The summed E-state index contributed by atoms with van der Waals surface area (Å²) in [4.78, 5) is 13.0. The molecule has 1 aromatic rings. The minimum absolute atomic E-state index is 0.272. The third-order valence-electron chi connectivity index (χ3n) is 3.63. The Balaban J connectivity index is 1.67. The average molecular weight is 293 g/mol. The van der Waals surface area contributed by atoms with Gasteiger partial charge in [-0.05, 0) is 50.6 Å². The van der Waals surface area contributed by atoms with E-state index >= 15 is 0 Å². The fourth-order valence-corrected chi connectivity index (χ4v) is 2.40. The molecule has 1 atom stereocenters. The van der Waals surface area contributed by atoms with Crippen molar-refractivity contribution in [3.8, 4) is 5.75 Å². The quantitative estimate of drug-likeness (QED) is 0.835. The number of benzene rings is 1. The number of nitrogens with zero attached hydrogens (tertiary/aromatic N) is 1. The zero-order chi connectivity index (χ0) is 15.1. The van der Waals surface area contributed by atoms with Crippen LogP contribution in [0, 0.1) is 0 Å². The second kappa shape index (κ2) is 8.00. The predicted octanol–water partition coefficient (Wildman–Crippen LogP) is 2.26. The van der Waals surface area contributed by atoms with E-state index in [4.69, 9.17) is 14.6 Å². The van der Waals surface area contributed by atoms with Gasteiger partial charge in [0, 0.05) is 19.7 Å². The molecule has 0 aromatic heterocycles. The van der Waals surface area contributed by atoms with Crippen LogP contribution in [0.25, 0.3) is 0 Å². The molecule has 21 heavy (non-hydrogen) atoms. The Hall–Kier alpha value is -1.59. The summed E-state index contributed by atoms with van der Waals surface area (Å²) >= 11 is 0. The van der Waals surface area contributed by atoms with Crippen molar-refractivity contribution >= 4 is 5.97 Å². The lowest BCUT2D eigenvalue weighted by atomic mass is 10.1. The number of rotatable bonds is 7. The molecule has 2 rings (SSSR count). The maximum absolute atomic E-state index is 10.7. The van der Waals surface area contributed by atoms with Crippen molar-refractivity contribution in [2.75, 3.05) is 33.4 Å². The van der Waals surface area contributed by atoms with Gasteiger partial charge in [0.25, 0.3) is 0 Å². The van der Waals surface area contributed by atoms with Gasteiger partial charge in [-0.15, -0.1) is 0 Å².